The lowest BCUT2D eigenvalue weighted by molar-refractivity contribution is -0.249. The van der Waals surface area contributed by atoms with Crippen LogP contribution in [0.2, 0.25) is 0 Å². The highest BCUT2D eigenvalue weighted by atomic mass is 19.3. The van der Waals surface area contributed by atoms with Gasteiger partial charge in [-0.15, -0.1) is 0 Å². The van der Waals surface area contributed by atoms with E-state index in [1.807, 2.05) is 0 Å². The molecular formula is C24H28F2N2O9. The van der Waals surface area contributed by atoms with Gasteiger partial charge < -0.3 is 33.5 Å². The van der Waals surface area contributed by atoms with Crippen molar-refractivity contribution in [2.45, 2.75) is 75.2 Å². The maximum Gasteiger partial charge on any atom is 0.330 e. The van der Waals surface area contributed by atoms with Crippen molar-refractivity contribution in [1.29, 1.82) is 0 Å². The molecule has 7 atom stereocenters. The molecule has 3 aliphatic rings. The Morgan fingerprint density at radius 2 is 1.76 bits per heavy atom. The van der Waals surface area contributed by atoms with E-state index in [1.165, 1.54) is 6.20 Å². The second-order valence-corrected chi connectivity index (χ2v) is 9.56. The molecular weight excluding hydrogens is 498 g/mol. The number of hydrogen-bond acceptors (Lipinski definition) is 9. The minimum absolute atomic E-state index is 0.0982. The predicted molar refractivity (Wildman–Crippen MR) is 121 cm³/mol. The smallest absolute Gasteiger partial charge is 0.330 e. The Bertz CT molecular complexity index is 1200. The molecule has 202 valence electrons. The number of nitrogens with one attached hydrogen (secondary N) is 1. The molecule has 1 aromatic carbocycles. The van der Waals surface area contributed by atoms with Gasteiger partial charge in [-0.3, -0.25) is 14.3 Å². The summed E-state index contributed by atoms with van der Waals surface area (Å²) in [4.78, 5) is 26.0. The summed E-state index contributed by atoms with van der Waals surface area (Å²) in [6, 6.07) is 9.94. The van der Waals surface area contributed by atoms with Gasteiger partial charge in [0.25, 0.3) is 5.56 Å². The van der Waals surface area contributed by atoms with Gasteiger partial charge >= 0.3 is 11.6 Å². The first-order valence-electron chi connectivity index (χ1n) is 11.8. The minimum atomic E-state index is -3.58. The van der Waals surface area contributed by atoms with Gasteiger partial charge in [0, 0.05) is 12.3 Å². The lowest BCUT2D eigenvalue weighted by Crippen LogP contribution is -2.44. The molecule has 3 aliphatic heterocycles. The van der Waals surface area contributed by atoms with Crippen LogP contribution in [-0.2, 0) is 35.0 Å². The van der Waals surface area contributed by atoms with Crippen LogP contribution in [-0.4, -0.2) is 76.4 Å². The first-order valence-corrected chi connectivity index (χ1v) is 11.8. The zero-order valence-electron chi connectivity index (χ0n) is 20.1. The van der Waals surface area contributed by atoms with Crippen molar-refractivity contribution >= 4 is 0 Å². The van der Waals surface area contributed by atoms with Crippen molar-refractivity contribution in [2.75, 3.05) is 13.2 Å². The van der Waals surface area contributed by atoms with Crippen molar-refractivity contribution < 1.29 is 42.3 Å². The zero-order valence-corrected chi connectivity index (χ0v) is 20.1. The van der Waals surface area contributed by atoms with Gasteiger partial charge in [0.2, 0.25) is 6.29 Å². The fraction of sp³-hybridized carbons (Fsp3) is 0.583. The van der Waals surface area contributed by atoms with Crippen LogP contribution in [0.4, 0.5) is 8.78 Å². The molecule has 2 aromatic rings. The summed E-state index contributed by atoms with van der Waals surface area (Å²) in [5, 5.41) is 9.64. The Hall–Kier alpha value is -2.52. The molecule has 0 unspecified atom stereocenters. The van der Waals surface area contributed by atoms with E-state index in [4.69, 9.17) is 28.4 Å². The first kappa shape index (κ1) is 26.1. The summed E-state index contributed by atoms with van der Waals surface area (Å²) < 4.78 is 65.6. The number of aliphatic hydroxyl groups excluding tert-OH is 1. The summed E-state index contributed by atoms with van der Waals surface area (Å²) >= 11 is 0. The lowest BCUT2D eigenvalue weighted by atomic mass is 10.1. The summed E-state index contributed by atoms with van der Waals surface area (Å²) in [5.41, 5.74) is -0.613. The van der Waals surface area contributed by atoms with E-state index in [1.54, 1.807) is 44.2 Å². The Labute approximate surface area is 209 Å². The van der Waals surface area contributed by atoms with Crippen LogP contribution in [0.15, 0.2) is 52.2 Å². The van der Waals surface area contributed by atoms with E-state index in [2.05, 4.69) is 4.98 Å². The number of halogens is 2. The molecule has 0 bridgehead atoms. The fourth-order valence-corrected chi connectivity index (χ4v) is 4.80. The number of alkyl halides is 2. The van der Waals surface area contributed by atoms with Crippen LogP contribution < -0.4 is 11.2 Å². The molecule has 3 fully saturated rings. The Kier molecular flexibility index (Phi) is 7.04. The van der Waals surface area contributed by atoms with Crippen LogP contribution in [0.5, 0.6) is 0 Å². The van der Waals surface area contributed by atoms with E-state index in [-0.39, 0.29) is 13.2 Å². The molecule has 5 rings (SSSR count). The number of fused-ring (bicyclic) bond motifs is 1. The van der Waals surface area contributed by atoms with Crippen LogP contribution in [0.25, 0.3) is 0 Å². The molecule has 0 amide bonds. The topological polar surface area (TPSA) is 130 Å². The Morgan fingerprint density at radius 3 is 2.46 bits per heavy atom. The van der Waals surface area contributed by atoms with Gasteiger partial charge in [0.1, 0.15) is 24.4 Å². The number of aromatic nitrogens is 2. The first-order chi connectivity index (χ1) is 17.6. The van der Waals surface area contributed by atoms with Crippen molar-refractivity contribution in [2.24, 2.45) is 0 Å². The van der Waals surface area contributed by atoms with Crippen LogP contribution in [0.3, 0.4) is 0 Å². The average Bonchev–Trinajstić information content (AvgIpc) is 3.42. The molecule has 0 saturated carbocycles. The van der Waals surface area contributed by atoms with E-state index in [9.17, 15) is 14.7 Å². The van der Waals surface area contributed by atoms with Crippen LogP contribution in [0, 0.1) is 0 Å². The van der Waals surface area contributed by atoms with Crippen LogP contribution in [0.1, 0.15) is 25.6 Å². The van der Waals surface area contributed by atoms with E-state index < -0.39 is 72.6 Å². The van der Waals surface area contributed by atoms with Gasteiger partial charge in [0.05, 0.1) is 19.8 Å². The second-order valence-electron chi connectivity index (χ2n) is 9.56. The number of nitrogens with zero attached hydrogens (tertiary/aromatic N) is 1. The lowest BCUT2D eigenvalue weighted by Gasteiger charge is -2.26. The highest BCUT2D eigenvalue weighted by Gasteiger charge is 2.62. The Morgan fingerprint density at radius 1 is 1.03 bits per heavy atom. The summed E-state index contributed by atoms with van der Waals surface area (Å²) in [6.45, 7) is 2.16. The summed E-state index contributed by atoms with van der Waals surface area (Å²) in [7, 11) is 0. The minimum Gasteiger partial charge on any atom is -0.394 e. The third kappa shape index (κ3) is 5.12. The number of rotatable bonds is 8. The molecule has 13 heteroatoms. The normalized spacial score (nSPS) is 34.0. The van der Waals surface area contributed by atoms with Crippen molar-refractivity contribution in [3.05, 3.63) is 69.0 Å². The molecule has 0 radical (unpaired) electrons. The number of aliphatic hydroxyl groups is 1. The number of hydrogen-bond donors (Lipinski definition) is 2. The summed E-state index contributed by atoms with van der Waals surface area (Å²) in [5.74, 6) is -4.62. The number of H-pyrrole nitrogens is 1. The third-order valence-corrected chi connectivity index (χ3v) is 6.44. The number of aromatic amines is 1. The van der Waals surface area contributed by atoms with Gasteiger partial charge in [-0.05, 0) is 19.4 Å². The van der Waals surface area contributed by atoms with Crippen molar-refractivity contribution in [3.8, 4) is 0 Å². The Balaban J connectivity index is 1.29. The molecule has 11 nitrogen and oxygen atoms in total. The van der Waals surface area contributed by atoms with Crippen molar-refractivity contribution in [1.82, 2.24) is 9.55 Å². The predicted octanol–water partition coefficient (Wildman–Crippen LogP) is 0.909. The molecule has 4 heterocycles. The fourth-order valence-electron chi connectivity index (χ4n) is 4.80. The molecule has 2 N–H and O–H groups in total. The maximum atomic E-state index is 15.2. The zero-order chi connectivity index (χ0) is 26.4. The van der Waals surface area contributed by atoms with Crippen molar-refractivity contribution in [3.63, 3.8) is 0 Å². The van der Waals surface area contributed by atoms with Gasteiger partial charge in [-0.1, -0.05) is 30.3 Å². The van der Waals surface area contributed by atoms with Crippen LogP contribution >= 0.6 is 0 Å². The van der Waals surface area contributed by atoms with E-state index >= 15 is 8.78 Å². The van der Waals surface area contributed by atoms with Gasteiger partial charge in [-0.2, -0.15) is 8.78 Å². The quantitative estimate of drug-likeness (QED) is 0.515. The third-order valence-electron chi connectivity index (χ3n) is 6.44. The maximum absolute atomic E-state index is 15.2. The molecule has 3 saturated heterocycles. The molecule has 37 heavy (non-hydrogen) atoms. The highest BCUT2D eigenvalue weighted by Crippen LogP contribution is 2.44. The molecule has 0 spiro atoms. The van der Waals surface area contributed by atoms with E-state index in [0.29, 0.717) is 5.56 Å². The number of ether oxygens (including phenoxy) is 6. The average molecular weight is 526 g/mol. The van der Waals surface area contributed by atoms with E-state index in [0.717, 1.165) is 10.6 Å². The standard InChI is InChI=1S/C24H28F2N2O9/c1-23(2)36-17-15(34-20(18(17)37-23)28-9-8-16(30)27-22(28)31)12-33-21-24(25,26)19(14(10-29)35-21)32-11-13-6-4-3-5-7-13/h3-9,14-15,17-21,29H,10-12H2,1-2H3,(H,27,30,31)/t14-,15-,17-,18-,19-,20-,21-/m1/s1. The second kappa shape index (κ2) is 9.98. The largest absolute Gasteiger partial charge is 0.394 e. The van der Waals surface area contributed by atoms with Gasteiger partial charge in [-0.25, -0.2) is 4.79 Å². The number of benzene rings is 1. The monoisotopic (exact) mass is 526 g/mol. The molecule has 1 aromatic heterocycles. The molecule has 0 aliphatic carbocycles. The van der Waals surface area contributed by atoms with Gasteiger partial charge in [0.15, 0.2) is 18.1 Å². The SMILES string of the molecule is CC1(C)O[C@@H]2[C@H](O1)[C@@H](CO[C@@H]1O[C@H](CO)[C@@H](OCc3ccccc3)C1(F)F)O[C@H]2n1ccc(=O)[nH]c1=O. The summed E-state index contributed by atoms with van der Waals surface area (Å²) in [6.07, 6.45) is -7.24. The highest BCUT2D eigenvalue weighted by molar-refractivity contribution is 5.13.